The maximum atomic E-state index is 12.2. The summed E-state index contributed by atoms with van der Waals surface area (Å²) in [5, 5.41) is -0.0351. The first-order valence-corrected chi connectivity index (χ1v) is 6.29. The minimum atomic E-state index is -4.78. The number of halogens is 4. The number of aromatic nitrogens is 1. The molecule has 0 amide bonds. The molecule has 1 heterocycles. The zero-order chi connectivity index (χ0) is 16.3. The molecule has 0 aliphatic heterocycles. The molecule has 0 saturated carbocycles. The summed E-state index contributed by atoms with van der Waals surface area (Å²) in [4.78, 5) is 15.2. The highest BCUT2D eigenvalue weighted by Gasteiger charge is 2.31. The number of pyridine rings is 1. The quantitative estimate of drug-likeness (QED) is 0.628. The molecule has 4 nitrogen and oxygen atoms in total. The van der Waals surface area contributed by atoms with Crippen LogP contribution >= 0.6 is 11.6 Å². The van der Waals surface area contributed by atoms with Gasteiger partial charge in [0.05, 0.1) is 7.11 Å². The molecule has 0 aliphatic carbocycles. The molecule has 0 saturated heterocycles. The maximum absolute atomic E-state index is 12.2. The Kier molecular flexibility index (Phi) is 4.56. The Bertz CT molecular complexity index is 704. The lowest BCUT2D eigenvalue weighted by Gasteiger charge is -2.11. The van der Waals surface area contributed by atoms with Gasteiger partial charge in [-0.15, -0.1) is 13.2 Å². The molecule has 0 bridgehead atoms. The molecule has 0 spiro atoms. The lowest BCUT2D eigenvalue weighted by molar-refractivity contribution is -0.274. The van der Waals surface area contributed by atoms with E-state index >= 15 is 0 Å². The van der Waals surface area contributed by atoms with E-state index in [0.717, 1.165) is 0 Å². The van der Waals surface area contributed by atoms with Crippen LogP contribution in [0.3, 0.4) is 0 Å². The minimum absolute atomic E-state index is 0.000976. The van der Waals surface area contributed by atoms with E-state index in [1.807, 2.05) is 0 Å². The third-order valence-electron chi connectivity index (χ3n) is 2.62. The number of alkyl halides is 3. The number of methoxy groups -OCH3 is 1. The summed E-state index contributed by atoms with van der Waals surface area (Å²) < 4.78 is 45.0. The fourth-order valence-electron chi connectivity index (χ4n) is 1.73. The molecule has 8 heteroatoms. The summed E-state index contributed by atoms with van der Waals surface area (Å²) in [6.07, 6.45) is -4.78. The smallest absolute Gasteiger partial charge is 0.464 e. The van der Waals surface area contributed by atoms with Gasteiger partial charge in [0, 0.05) is 5.56 Å². The highest BCUT2D eigenvalue weighted by Crippen LogP contribution is 2.31. The van der Waals surface area contributed by atoms with Crippen molar-refractivity contribution in [1.82, 2.24) is 4.98 Å². The fourth-order valence-corrected chi connectivity index (χ4v) is 1.99. The van der Waals surface area contributed by atoms with Crippen LogP contribution in [0.1, 0.15) is 10.5 Å². The fraction of sp³-hybridized carbons (Fsp3) is 0.143. The number of ether oxygens (including phenoxy) is 2. The van der Waals surface area contributed by atoms with Crippen LogP contribution in [0.25, 0.3) is 11.1 Å². The van der Waals surface area contributed by atoms with Crippen molar-refractivity contribution < 1.29 is 27.4 Å². The Labute approximate surface area is 128 Å². The molecule has 0 atom stereocenters. The molecule has 116 valence electrons. The Balaban J connectivity index is 2.36. The summed E-state index contributed by atoms with van der Waals surface area (Å²) in [5.74, 6) is -1.04. The zero-order valence-corrected chi connectivity index (χ0v) is 11.9. The van der Waals surface area contributed by atoms with Crippen molar-refractivity contribution in [2.24, 2.45) is 0 Å². The first-order valence-electron chi connectivity index (χ1n) is 5.91. The van der Waals surface area contributed by atoms with Crippen molar-refractivity contribution >= 4 is 17.6 Å². The van der Waals surface area contributed by atoms with Crippen molar-refractivity contribution in [2.75, 3.05) is 7.11 Å². The van der Waals surface area contributed by atoms with Crippen molar-refractivity contribution in [3.05, 3.63) is 47.2 Å². The van der Waals surface area contributed by atoms with Gasteiger partial charge in [-0.2, -0.15) is 0 Å². The van der Waals surface area contributed by atoms with Crippen LogP contribution in [-0.4, -0.2) is 24.4 Å². The van der Waals surface area contributed by atoms with Crippen LogP contribution in [0, 0.1) is 0 Å². The topological polar surface area (TPSA) is 48.4 Å². The molecule has 2 aromatic rings. The van der Waals surface area contributed by atoms with Crippen LogP contribution in [0.2, 0.25) is 5.15 Å². The predicted molar refractivity (Wildman–Crippen MR) is 72.7 cm³/mol. The van der Waals surface area contributed by atoms with E-state index in [-0.39, 0.29) is 16.6 Å². The normalized spacial score (nSPS) is 11.1. The Hall–Kier alpha value is -2.28. The van der Waals surface area contributed by atoms with Gasteiger partial charge < -0.3 is 9.47 Å². The van der Waals surface area contributed by atoms with E-state index in [1.165, 1.54) is 37.4 Å². The first kappa shape index (κ1) is 16.1. The number of benzene rings is 1. The number of hydrogen-bond donors (Lipinski definition) is 0. The molecule has 0 unspecified atom stereocenters. The van der Waals surface area contributed by atoms with Crippen LogP contribution in [0.15, 0.2) is 36.4 Å². The van der Waals surface area contributed by atoms with Gasteiger partial charge >= 0.3 is 12.3 Å². The summed E-state index contributed by atoms with van der Waals surface area (Å²) in [6, 6.07) is 8.11. The molecule has 0 aliphatic rings. The molecular weight excluding hydrogens is 323 g/mol. The highest BCUT2D eigenvalue weighted by atomic mass is 35.5. The Morgan fingerprint density at radius 3 is 2.55 bits per heavy atom. The van der Waals surface area contributed by atoms with Crippen molar-refractivity contribution in [3.8, 4) is 16.9 Å². The van der Waals surface area contributed by atoms with Gasteiger partial charge in [-0.1, -0.05) is 23.7 Å². The van der Waals surface area contributed by atoms with Gasteiger partial charge in [-0.3, -0.25) is 0 Å². The Morgan fingerprint density at radius 1 is 1.23 bits per heavy atom. The van der Waals surface area contributed by atoms with Crippen LogP contribution in [-0.2, 0) is 4.74 Å². The lowest BCUT2D eigenvalue weighted by Crippen LogP contribution is -2.17. The van der Waals surface area contributed by atoms with E-state index < -0.39 is 12.3 Å². The van der Waals surface area contributed by atoms with Crippen molar-refractivity contribution in [1.29, 1.82) is 0 Å². The largest absolute Gasteiger partial charge is 0.573 e. The predicted octanol–water partition coefficient (Wildman–Crippen LogP) is 4.09. The average Bonchev–Trinajstić information content (AvgIpc) is 2.44. The second-order valence-corrected chi connectivity index (χ2v) is 4.46. The number of hydrogen-bond acceptors (Lipinski definition) is 4. The first-order chi connectivity index (χ1) is 10.3. The van der Waals surface area contributed by atoms with Gasteiger partial charge in [0.2, 0.25) is 0 Å². The molecule has 0 radical (unpaired) electrons. The average molecular weight is 332 g/mol. The van der Waals surface area contributed by atoms with E-state index in [2.05, 4.69) is 14.5 Å². The van der Waals surface area contributed by atoms with Crippen molar-refractivity contribution in [2.45, 2.75) is 6.36 Å². The third-order valence-corrected chi connectivity index (χ3v) is 2.91. The van der Waals surface area contributed by atoms with Gasteiger partial charge in [-0.25, -0.2) is 9.78 Å². The van der Waals surface area contributed by atoms with Gasteiger partial charge in [0.15, 0.2) is 0 Å². The highest BCUT2D eigenvalue weighted by molar-refractivity contribution is 6.32. The van der Waals surface area contributed by atoms with E-state index in [0.29, 0.717) is 11.1 Å². The molecular formula is C14H9ClF3NO3. The van der Waals surface area contributed by atoms with E-state index in [1.54, 1.807) is 6.07 Å². The SMILES string of the molecule is COC(=O)c1ccc(-c2cccc(OC(F)(F)F)c2)c(Cl)n1. The minimum Gasteiger partial charge on any atom is -0.464 e. The maximum Gasteiger partial charge on any atom is 0.573 e. The number of esters is 1. The summed E-state index contributed by atoms with van der Waals surface area (Å²) in [6.45, 7) is 0. The second kappa shape index (κ2) is 6.23. The molecule has 1 aromatic heterocycles. The van der Waals surface area contributed by atoms with Gasteiger partial charge in [-0.05, 0) is 29.8 Å². The molecule has 22 heavy (non-hydrogen) atoms. The molecule has 1 aromatic carbocycles. The van der Waals surface area contributed by atoms with Crippen LogP contribution < -0.4 is 4.74 Å². The van der Waals surface area contributed by atoms with E-state index in [9.17, 15) is 18.0 Å². The summed E-state index contributed by atoms with van der Waals surface area (Å²) in [5.41, 5.74) is 0.733. The van der Waals surface area contributed by atoms with Gasteiger partial charge in [0.25, 0.3) is 0 Å². The van der Waals surface area contributed by atoms with Gasteiger partial charge in [0.1, 0.15) is 16.6 Å². The standard InChI is InChI=1S/C14H9ClF3NO3/c1-21-13(20)11-6-5-10(12(15)19-11)8-3-2-4-9(7-8)22-14(16,17)18/h2-7H,1H3. The van der Waals surface area contributed by atoms with E-state index in [4.69, 9.17) is 11.6 Å². The Morgan fingerprint density at radius 2 is 1.95 bits per heavy atom. The van der Waals surface area contributed by atoms with Crippen molar-refractivity contribution in [3.63, 3.8) is 0 Å². The molecule has 0 N–H and O–H groups in total. The number of nitrogens with zero attached hydrogens (tertiary/aromatic N) is 1. The number of carbonyl (C=O) groups excluding carboxylic acids is 1. The summed E-state index contributed by atoms with van der Waals surface area (Å²) in [7, 11) is 1.20. The number of rotatable bonds is 3. The zero-order valence-electron chi connectivity index (χ0n) is 11.1. The van der Waals surface area contributed by atoms with Crippen LogP contribution in [0.4, 0.5) is 13.2 Å². The second-order valence-electron chi connectivity index (χ2n) is 4.10. The molecule has 0 fully saturated rings. The van der Waals surface area contributed by atoms with Crippen LogP contribution in [0.5, 0.6) is 5.75 Å². The lowest BCUT2D eigenvalue weighted by atomic mass is 10.1. The number of carbonyl (C=O) groups is 1. The third kappa shape index (κ3) is 3.88. The molecule has 2 rings (SSSR count). The summed E-state index contributed by atoms with van der Waals surface area (Å²) >= 11 is 5.97. The monoisotopic (exact) mass is 331 g/mol.